The minimum absolute atomic E-state index is 0.353. The molecule has 2 aromatic carbocycles. The van der Waals surface area contributed by atoms with Crippen LogP contribution < -0.4 is 9.21 Å². The Morgan fingerprint density at radius 1 is 0.897 bits per heavy atom. The van der Waals surface area contributed by atoms with Gasteiger partial charge in [0, 0.05) is 25.5 Å². The van der Waals surface area contributed by atoms with E-state index < -0.39 is 10.0 Å². The summed E-state index contributed by atoms with van der Waals surface area (Å²) >= 11 is 0. The van der Waals surface area contributed by atoms with Crippen LogP contribution in [0.4, 0.5) is 11.4 Å². The molecule has 0 saturated heterocycles. The molecule has 0 bridgehead atoms. The second-order valence-corrected chi connectivity index (χ2v) is 9.44. The smallest absolute Gasteiger partial charge is 0.264 e. The van der Waals surface area contributed by atoms with Crippen molar-refractivity contribution < 1.29 is 8.42 Å². The Bertz CT molecular complexity index is 1190. The van der Waals surface area contributed by atoms with E-state index in [0.29, 0.717) is 18.0 Å². The van der Waals surface area contributed by atoms with Crippen LogP contribution in [0.3, 0.4) is 0 Å². The first kappa shape index (κ1) is 19.5. The maximum atomic E-state index is 13.6. The van der Waals surface area contributed by atoms with Gasteiger partial charge in [-0.1, -0.05) is 24.3 Å². The van der Waals surface area contributed by atoms with E-state index in [1.165, 1.54) is 0 Å². The number of pyridine rings is 1. The predicted molar refractivity (Wildman–Crippen MR) is 118 cm³/mol. The number of sulfonamides is 1. The lowest BCUT2D eigenvalue weighted by atomic mass is 10.0. The number of likely N-dealkylation sites (N-methyl/N-ethyl adjacent to an activating group) is 1. The van der Waals surface area contributed by atoms with E-state index in [1.54, 1.807) is 16.6 Å². The molecule has 5 nitrogen and oxygen atoms in total. The normalized spacial score (nSPS) is 14.1. The fraction of sp³-hybridized carbons (Fsp3) is 0.261. The van der Waals surface area contributed by atoms with E-state index in [2.05, 4.69) is 9.88 Å². The second-order valence-electron chi connectivity index (χ2n) is 7.61. The zero-order valence-electron chi connectivity index (χ0n) is 17.2. The number of aryl methyl sites for hydroxylation is 3. The van der Waals surface area contributed by atoms with Gasteiger partial charge >= 0.3 is 0 Å². The number of fused-ring (bicyclic) bond motifs is 1. The summed E-state index contributed by atoms with van der Waals surface area (Å²) in [4.78, 5) is 6.69. The first-order valence-corrected chi connectivity index (χ1v) is 11.1. The standard InChI is InChI=1S/C23H25N3O2S/c1-16-6-5-7-21-23(16)26(13-12-25(21)4)29(27,28)22-9-8-19(14-17(22)2)20-10-11-24-18(3)15-20/h5-11,14-15H,12-13H2,1-4H3. The monoisotopic (exact) mass is 407 g/mol. The molecule has 0 N–H and O–H groups in total. The molecule has 29 heavy (non-hydrogen) atoms. The number of hydrogen-bond acceptors (Lipinski definition) is 4. The highest BCUT2D eigenvalue weighted by Gasteiger charge is 2.33. The van der Waals surface area contributed by atoms with E-state index in [9.17, 15) is 8.42 Å². The first-order valence-electron chi connectivity index (χ1n) is 9.66. The molecule has 1 aliphatic heterocycles. The van der Waals surface area contributed by atoms with Crippen molar-refractivity contribution in [1.82, 2.24) is 4.98 Å². The molecule has 0 unspecified atom stereocenters. The van der Waals surface area contributed by atoms with Gasteiger partial charge in [-0.25, -0.2) is 8.42 Å². The van der Waals surface area contributed by atoms with Crippen LogP contribution in [-0.2, 0) is 10.0 Å². The topological polar surface area (TPSA) is 53.5 Å². The number of nitrogens with zero attached hydrogens (tertiary/aromatic N) is 3. The van der Waals surface area contributed by atoms with Gasteiger partial charge in [-0.15, -0.1) is 0 Å². The van der Waals surface area contributed by atoms with Crippen molar-refractivity contribution in [3.63, 3.8) is 0 Å². The van der Waals surface area contributed by atoms with Gasteiger partial charge in [0.2, 0.25) is 0 Å². The molecular weight excluding hydrogens is 382 g/mol. The lowest BCUT2D eigenvalue weighted by molar-refractivity contribution is 0.588. The average Bonchev–Trinajstić information content (AvgIpc) is 2.68. The van der Waals surface area contributed by atoms with Gasteiger partial charge in [-0.3, -0.25) is 9.29 Å². The molecule has 0 saturated carbocycles. The summed E-state index contributed by atoms with van der Waals surface area (Å²) in [6.45, 7) is 6.86. The van der Waals surface area contributed by atoms with Gasteiger partial charge in [0.1, 0.15) is 0 Å². The van der Waals surface area contributed by atoms with E-state index in [0.717, 1.165) is 39.3 Å². The van der Waals surface area contributed by atoms with E-state index >= 15 is 0 Å². The molecule has 2 heterocycles. The van der Waals surface area contributed by atoms with Crippen LogP contribution >= 0.6 is 0 Å². The van der Waals surface area contributed by atoms with Crippen molar-refractivity contribution in [2.45, 2.75) is 25.7 Å². The van der Waals surface area contributed by atoms with Crippen molar-refractivity contribution in [3.05, 3.63) is 71.5 Å². The van der Waals surface area contributed by atoms with Crippen LogP contribution in [0.1, 0.15) is 16.8 Å². The highest BCUT2D eigenvalue weighted by atomic mass is 32.2. The van der Waals surface area contributed by atoms with E-state index in [4.69, 9.17) is 0 Å². The van der Waals surface area contributed by atoms with Crippen molar-refractivity contribution in [2.24, 2.45) is 0 Å². The number of hydrogen-bond donors (Lipinski definition) is 0. The van der Waals surface area contributed by atoms with Gasteiger partial charge in [-0.05, 0) is 67.3 Å². The Balaban J connectivity index is 1.79. The van der Waals surface area contributed by atoms with Crippen LogP contribution in [0.25, 0.3) is 11.1 Å². The zero-order chi connectivity index (χ0) is 20.8. The van der Waals surface area contributed by atoms with Crippen LogP contribution in [0.2, 0.25) is 0 Å². The molecule has 0 aliphatic carbocycles. The highest BCUT2D eigenvalue weighted by molar-refractivity contribution is 7.93. The summed E-state index contributed by atoms with van der Waals surface area (Å²) in [5.41, 5.74) is 6.37. The molecule has 0 fully saturated rings. The molecule has 0 atom stereocenters. The van der Waals surface area contributed by atoms with Gasteiger partial charge in [0.05, 0.1) is 22.8 Å². The van der Waals surface area contributed by atoms with Crippen LogP contribution in [0.15, 0.2) is 59.6 Å². The van der Waals surface area contributed by atoms with Gasteiger partial charge < -0.3 is 4.90 Å². The Labute approximate surface area is 172 Å². The fourth-order valence-electron chi connectivity index (χ4n) is 3.95. The Kier molecular flexibility index (Phi) is 4.82. The molecule has 4 rings (SSSR count). The molecule has 0 spiro atoms. The summed E-state index contributed by atoms with van der Waals surface area (Å²) in [6.07, 6.45) is 1.77. The summed E-state index contributed by atoms with van der Waals surface area (Å²) < 4.78 is 28.8. The Hall–Kier alpha value is -2.86. The summed E-state index contributed by atoms with van der Waals surface area (Å²) in [6, 6.07) is 15.4. The van der Waals surface area contributed by atoms with E-state index in [1.807, 2.05) is 70.3 Å². The third-order valence-corrected chi connectivity index (χ3v) is 7.45. The molecule has 150 valence electrons. The first-order chi connectivity index (χ1) is 13.8. The average molecular weight is 408 g/mol. The molecule has 6 heteroatoms. The summed E-state index contributed by atoms with van der Waals surface area (Å²) in [5.74, 6) is 0. The van der Waals surface area contributed by atoms with Crippen molar-refractivity contribution in [1.29, 1.82) is 0 Å². The minimum atomic E-state index is -3.66. The quantitative estimate of drug-likeness (QED) is 0.649. The van der Waals surface area contributed by atoms with Crippen LogP contribution in [0.5, 0.6) is 0 Å². The van der Waals surface area contributed by atoms with Gasteiger partial charge in [-0.2, -0.15) is 0 Å². The largest absolute Gasteiger partial charge is 0.371 e. The van der Waals surface area contributed by atoms with E-state index in [-0.39, 0.29) is 0 Å². The maximum Gasteiger partial charge on any atom is 0.264 e. The minimum Gasteiger partial charge on any atom is -0.371 e. The number of aromatic nitrogens is 1. The highest BCUT2D eigenvalue weighted by Crippen LogP contribution is 2.39. The molecule has 0 amide bonds. The molecular formula is C23H25N3O2S. The number of para-hydroxylation sites is 1. The summed E-state index contributed by atoms with van der Waals surface area (Å²) in [7, 11) is -1.67. The SMILES string of the molecule is Cc1cc(-c2ccc(S(=O)(=O)N3CCN(C)c4cccc(C)c43)c(C)c2)ccn1. The zero-order valence-corrected chi connectivity index (χ0v) is 18.0. The maximum absolute atomic E-state index is 13.6. The molecule has 1 aliphatic rings. The third kappa shape index (κ3) is 3.38. The number of rotatable bonds is 3. The molecule has 1 aromatic heterocycles. The summed E-state index contributed by atoms with van der Waals surface area (Å²) in [5, 5.41) is 0. The number of benzene rings is 2. The van der Waals surface area contributed by atoms with Crippen LogP contribution in [0, 0.1) is 20.8 Å². The van der Waals surface area contributed by atoms with Crippen molar-refractivity contribution >= 4 is 21.4 Å². The second kappa shape index (κ2) is 7.19. The van der Waals surface area contributed by atoms with Gasteiger partial charge in [0.25, 0.3) is 10.0 Å². The lowest BCUT2D eigenvalue weighted by Gasteiger charge is -2.37. The molecule has 0 radical (unpaired) electrons. The van der Waals surface area contributed by atoms with Crippen LogP contribution in [-0.4, -0.2) is 33.5 Å². The van der Waals surface area contributed by atoms with Crippen molar-refractivity contribution in [3.8, 4) is 11.1 Å². The molecule has 3 aromatic rings. The Morgan fingerprint density at radius 3 is 2.38 bits per heavy atom. The predicted octanol–water partition coefficient (Wildman–Crippen LogP) is 4.32. The van der Waals surface area contributed by atoms with Crippen molar-refractivity contribution in [2.75, 3.05) is 29.3 Å². The van der Waals surface area contributed by atoms with Gasteiger partial charge in [0.15, 0.2) is 0 Å². The Morgan fingerprint density at radius 2 is 1.66 bits per heavy atom. The lowest BCUT2D eigenvalue weighted by Crippen LogP contribution is -2.43. The number of anilines is 2. The fourth-order valence-corrected chi connectivity index (χ4v) is 5.69. The third-order valence-electron chi connectivity index (χ3n) is 5.49.